The molecule has 1 heterocycles. The fourth-order valence-electron chi connectivity index (χ4n) is 10.5. The molecule has 0 amide bonds. The van der Waals surface area contributed by atoms with Gasteiger partial charge in [0, 0.05) is 38.9 Å². The molecule has 2 nitrogen and oxygen atoms in total. The number of fused-ring (bicyclic) bond motifs is 6. The van der Waals surface area contributed by atoms with Gasteiger partial charge in [0.1, 0.15) is 0 Å². The number of aryl methyl sites for hydroxylation is 2. The maximum absolute atomic E-state index is 2.43. The van der Waals surface area contributed by atoms with Crippen molar-refractivity contribution in [2.75, 3.05) is 4.90 Å². The minimum absolute atomic E-state index is 0.0967. The Morgan fingerprint density at radius 2 is 1.00 bits per heavy atom. The molecular formula is C64H56N2. The van der Waals surface area contributed by atoms with Crippen LogP contribution in [0, 0.1) is 0 Å². The van der Waals surface area contributed by atoms with Gasteiger partial charge in [-0.2, -0.15) is 0 Å². The van der Waals surface area contributed by atoms with Crippen molar-refractivity contribution in [3.05, 3.63) is 240 Å². The molecule has 10 aromatic rings. The first-order chi connectivity index (χ1) is 32.3. The summed E-state index contributed by atoms with van der Waals surface area (Å²) >= 11 is 0. The van der Waals surface area contributed by atoms with Crippen LogP contribution in [0.3, 0.4) is 0 Å². The summed E-state index contributed by atoms with van der Waals surface area (Å²) in [7, 11) is 0. The van der Waals surface area contributed by atoms with E-state index in [0.717, 1.165) is 36.3 Å². The molecule has 0 radical (unpaired) electrons. The van der Waals surface area contributed by atoms with Crippen LogP contribution in [-0.4, -0.2) is 4.57 Å². The van der Waals surface area contributed by atoms with Crippen molar-refractivity contribution in [1.29, 1.82) is 0 Å². The van der Waals surface area contributed by atoms with E-state index >= 15 is 0 Å². The van der Waals surface area contributed by atoms with Gasteiger partial charge >= 0.3 is 0 Å². The van der Waals surface area contributed by atoms with Crippen molar-refractivity contribution < 1.29 is 0 Å². The SMILES string of the molecule is CCC(C)c1ccc(CCCc2ccc(-n3c4ccccc4c4cc(-c5ccc(N(c6ccc(-c7ccccc7)cc6)c6ccc7c(c6)C(C)(C)c6ccccc6-7)cc5)ccc43)cc2)cc1. The van der Waals surface area contributed by atoms with Crippen LogP contribution in [0.2, 0.25) is 0 Å². The Hall–Kier alpha value is -7.42. The van der Waals surface area contributed by atoms with Crippen LogP contribution in [-0.2, 0) is 18.3 Å². The highest BCUT2D eigenvalue weighted by atomic mass is 15.1. The smallest absolute Gasteiger partial charge is 0.0541 e. The highest BCUT2D eigenvalue weighted by Crippen LogP contribution is 2.51. The number of aromatic nitrogens is 1. The molecule has 9 aromatic carbocycles. The zero-order valence-electron chi connectivity index (χ0n) is 38.5. The number of para-hydroxylation sites is 1. The molecule has 0 aliphatic heterocycles. The average molecular weight is 853 g/mol. The molecular weight excluding hydrogens is 797 g/mol. The molecule has 11 rings (SSSR count). The third-order valence-corrected chi connectivity index (χ3v) is 14.5. The number of hydrogen-bond donors (Lipinski definition) is 0. The molecule has 1 aliphatic rings. The van der Waals surface area contributed by atoms with Crippen LogP contribution in [0.4, 0.5) is 17.1 Å². The van der Waals surface area contributed by atoms with Crippen molar-refractivity contribution in [2.24, 2.45) is 0 Å². The largest absolute Gasteiger partial charge is 0.310 e. The van der Waals surface area contributed by atoms with Gasteiger partial charge in [-0.05, 0) is 160 Å². The second kappa shape index (κ2) is 17.2. The molecule has 0 N–H and O–H groups in total. The van der Waals surface area contributed by atoms with Crippen LogP contribution < -0.4 is 4.90 Å². The molecule has 1 unspecified atom stereocenters. The highest BCUT2D eigenvalue weighted by Gasteiger charge is 2.35. The van der Waals surface area contributed by atoms with E-state index in [4.69, 9.17) is 0 Å². The summed E-state index contributed by atoms with van der Waals surface area (Å²) in [5, 5.41) is 2.53. The molecule has 1 atom stereocenters. The quantitative estimate of drug-likeness (QED) is 0.119. The Kier molecular flexibility index (Phi) is 10.7. The van der Waals surface area contributed by atoms with E-state index < -0.39 is 0 Å². The van der Waals surface area contributed by atoms with Gasteiger partial charge in [0.25, 0.3) is 0 Å². The topological polar surface area (TPSA) is 8.17 Å². The lowest BCUT2D eigenvalue weighted by Crippen LogP contribution is -2.16. The van der Waals surface area contributed by atoms with E-state index in [1.54, 1.807) is 0 Å². The second-order valence-corrected chi connectivity index (χ2v) is 18.9. The summed E-state index contributed by atoms with van der Waals surface area (Å²) in [6, 6.07) is 79.0. The standard InChI is InChI=1S/C64H56N2/c1-5-44(2)47-26-22-45(23-27-47)14-13-15-46-24-33-54(34-25-46)66-62-21-12-10-19-58(62)59-42-51(32-41-63(59)66)50-30-37-53(38-31-50)65(52-35-28-49(29-36-52)48-16-7-6-8-17-48)55-39-40-57-56-18-9-11-20-60(56)64(3,4)61(57)43-55/h6-12,16-44H,5,13-15H2,1-4H3. The maximum atomic E-state index is 2.43. The second-order valence-electron chi connectivity index (χ2n) is 18.9. The van der Waals surface area contributed by atoms with E-state index in [9.17, 15) is 0 Å². The fraction of sp³-hybridized carbons (Fsp3) is 0.156. The number of nitrogens with zero attached hydrogens (tertiary/aromatic N) is 2. The Bertz CT molecular complexity index is 3320. The average Bonchev–Trinajstić information content (AvgIpc) is 3.82. The number of anilines is 3. The van der Waals surface area contributed by atoms with Gasteiger partial charge < -0.3 is 9.47 Å². The lowest BCUT2D eigenvalue weighted by molar-refractivity contribution is 0.660. The fourth-order valence-corrected chi connectivity index (χ4v) is 10.5. The molecule has 0 fully saturated rings. The third kappa shape index (κ3) is 7.51. The predicted octanol–water partition coefficient (Wildman–Crippen LogP) is 17.6. The van der Waals surface area contributed by atoms with Gasteiger partial charge in [-0.3, -0.25) is 0 Å². The Balaban J connectivity index is 0.891. The first-order valence-corrected chi connectivity index (χ1v) is 23.9. The van der Waals surface area contributed by atoms with Crippen molar-refractivity contribution in [3.63, 3.8) is 0 Å². The van der Waals surface area contributed by atoms with Crippen molar-refractivity contribution in [1.82, 2.24) is 4.57 Å². The Morgan fingerprint density at radius 3 is 1.70 bits per heavy atom. The number of rotatable bonds is 12. The van der Waals surface area contributed by atoms with Crippen molar-refractivity contribution in [2.45, 2.75) is 64.7 Å². The maximum Gasteiger partial charge on any atom is 0.0541 e. The van der Waals surface area contributed by atoms with Crippen molar-refractivity contribution >= 4 is 38.9 Å². The highest BCUT2D eigenvalue weighted by molar-refractivity contribution is 6.10. The van der Waals surface area contributed by atoms with Crippen LogP contribution >= 0.6 is 0 Å². The van der Waals surface area contributed by atoms with Gasteiger partial charge in [-0.25, -0.2) is 0 Å². The van der Waals surface area contributed by atoms with Crippen LogP contribution in [0.25, 0.3) is 60.9 Å². The lowest BCUT2D eigenvalue weighted by atomic mass is 9.82. The zero-order valence-corrected chi connectivity index (χ0v) is 38.5. The van der Waals surface area contributed by atoms with Gasteiger partial charge in [0.05, 0.1) is 11.0 Å². The van der Waals surface area contributed by atoms with E-state index in [-0.39, 0.29) is 5.41 Å². The minimum atomic E-state index is -0.0967. The molecule has 2 heteroatoms. The van der Waals surface area contributed by atoms with E-state index in [1.165, 1.54) is 95.1 Å². The van der Waals surface area contributed by atoms with Crippen LogP contribution in [0.5, 0.6) is 0 Å². The molecule has 0 saturated carbocycles. The molecule has 322 valence electrons. The molecule has 0 bridgehead atoms. The van der Waals surface area contributed by atoms with E-state index in [1.807, 2.05) is 0 Å². The predicted molar refractivity (Wildman–Crippen MR) is 281 cm³/mol. The first-order valence-electron chi connectivity index (χ1n) is 23.9. The monoisotopic (exact) mass is 852 g/mol. The zero-order chi connectivity index (χ0) is 44.8. The summed E-state index contributed by atoms with van der Waals surface area (Å²) in [5.41, 5.74) is 21.4. The van der Waals surface area contributed by atoms with Gasteiger partial charge in [-0.1, -0.05) is 173 Å². The normalized spacial score (nSPS) is 13.2. The molecule has 1 aromatic heterocycles. The van der Waals surface area contributed by atoms with Gasteiger partial charge in [-0.15, -0.1) is 0 Å². The third-order valence-electron chi connectivity index (χ3n) is 14.5. The Morgan fingerprint density at radius 1 is 0.455 bits per heavy atom. The molecule has 0 saturated heterocycles. The van der Waals surface area contributed by atoms with E-state index in [0.29, 0.717) is 5.92 Å². The van der Waals surface area contributed by atoms with Crippen molar-refractivity contribution in [3.8, 4) is 39.1 Å². The molecule has 66 heavy (non-hydrogen) atoms. The summed E-state index contributed by atoms with van der Waals surface area (Å²) < 4.78 is 2.43. The van der Waals surface area contributed by atoms with Crippen LogP contribution in [0.15, 0.2) is 212 Å². The first kappa shape index (κ1) is 41.3. The lowest BCUT2D eigenvalue weighted by Gasteiger charge is -2.28. The molecule has 1 aliphatic carbocycles. The van der Waals surface area contributed by atoms with Gasteiger partial charge in [0.2, 0.25) is 0 Å². The van der Waals surface area contributed by atoms with Gasteiger partial charge in [0.15, 0.2) is 0 Å². The number of benzene rings is 9. The minimum Gasteiger partial charge on any atom is -0.310 e. The summed E-state index contributed by atoms with van der Waals surface area (Å²) in [6.45, 7) is 9.29. The van der Waals surface area contributed by atoms with E-state index in [2.05, 4.69) is 249 Å². The summed E-state index contributed by atoms with van der Waals surface area (Å²) in [5.74, 6) is 0.620. The summed E-state index contributed by atoms with van der Waals surface area (Å²) in [6.07, 6.45) is 4.49. The summed E-state index contributed by atoms with van der Waals surface area (Å²) in [4.78, 5) is 2.41. The Labute approximate surface area is 390 Å². The van der Waals surface area contributed by atoms with Crippen LogP contribution in [0.1, 0.15) is 74.3 Å². The number of hydrogen-bond acceptors (Lipinski definition) is 1. The molecule has 0 spiro atoms.